The predicted molar refractivity (Wildman–Crippen MR) is 76.3 cm³/mol. The van der Waals surface area contributed by atoms with Crippen LogP contribution in [0.1, 0.15) is 12.5 Å². The quantitative estimate of drug-likeness (QED) is 0.609. The van der Waals surface area contributed by atoms with Crippen LogP contribution >= 0.6 is 0 Å². The van der Waals surface area contributed by atoms with E-state index in [0.717, 1.165) is 12.0 Å². The molecular formula is C13H18N2O5S. The Bertz CT molecular complexity index is 629. The maximum Gasteiger partial charge on any atom is 0.262 e. The Labute approximate surface area is 123 Å². The van der Waals surface area contributed by atoms with E-state index in [9.17, 15) is 13.2 Å². The summed E-state index contributed by atoms with van der Waals surface area (Å²) in [5.74, 6) is -0.104. The number of methoxy groups -OCH3 is 1. The average Bonchev–Trinajstić information content (AvgIpc) is 2.86. The van der Waals surface area contributed by atoms with E-state index in [1.54, 1.807) is 11.0 Å². The summed E-state index contributed by atoms with van der Waals surface area (Å²) in [4.78, 5) is 20.0. The Balaban J connectivity index is 2.18. The fraction of sp³-hybridized carbons (Fsp3) is 0.462. The van der Waals surface area contributed by atoms with Crippen LogP contribution in [0.2, 0.25) is 0 Å². The molecule has 8 heteroatoms. The van der Waals surface area contributed by atoms with Gasteiger partial charge in [-0.25, -0.2) is 8.42 Å². The summed E-state index contributed by atoms with van der Waals surface area (Å²) in [6.07, 6.45) is 0.729. The van der Waals surface area contributed by atoms with Gasteiger partial charge in [0, 0.05) is 26.3 Å². The Morgan fingerprint density at radius 3 is 2.81 bits per heavy atom. The van der Waals surface area contributed by atoms with Gasteiger partial charge in [0.05, 0.1) is 18.1 Å². The van der Waals surface area contributed by atoms with Crippen molar-refractivity contribution in [3.63, 3.8) is 0 Å². The van der Waals surface area contributed by atoms with E-state index < -0.39 is 10.0 Å². The van der Waals surface area contributed by atoms with Gasteiger partial charge in [0.2, 0.25) is 5.91 Å². The second-order valence-electron chi connectivity index (χ2n) is 4.64. The first-order chi connectivity index (χ1) is 9.95. The lowest BCUT2D eigenvalue weighted by Crippen LogP contribution is -2.27. The Kier molecular flexibility index (Phi) is 4.94. The molecule has 1 aromatic rings. The van der Waals surface area contributed by atoms with Crippen LogP contribution in [0.5, 0.6) is 0 Å². The molecule has 1 aromatic carbocycles. The Morgan fingerprint density at radius 1 is 1.38 bits per heavy atom. The largest absolute Gasteiger partial charge is 0.382 e. The van der Waals surface area contributed by atoms with Crippen LogP contribution < -0.4 is 9.79 Å². The molecule has 0 radical (unpaired) electrons. The summed E-state index contributed by atoms with van der Waals surface area (Å²) in [7, 11) is -2.28. The molecule has 21 heavy (non-hydrogen) atoms. The van der Waals surface area contributed by atoms with Crippen molar-refractivity contribution in [3.8, 4) is 0 Å². The average molecular weight is 314 g/mol. The first kappa shape index (κ1) is 15.9. The van der Waals surface area contributed by atoms with Crippen LogP contribution in [0.15, 0.2) is 23.1 Å². The van der Waals surface area contributed by atoms with Crippen LogP contribution in [0.3, 0.4) is 0 Å². The highest BCUT2D eigenvalue weighted by Crippen LogP contribution is 2.30. The number of carbonyl (C=O) groups excluding carboxylic acids is 1. The molecule has 0 bridgehead atoms. The third-order valence-corrected chi connectivity index (χ3v) is 4.41. The zero-order chi connectivity index (χ0) is 15.5. The van der Waals surface area contributed by atoms with Gasteiger partial charge in [-0.3, -0.25) is 9.63 Å². The molecule has 1 N–H and O–H groups in total. The van der Waals surface area contributed by atoms with Crippen molar-refractivity contribution < 1.29 is 22.8 Å². The number of sulfonamides is 1. The highest BCUT2D eigenvalue weighted by Gasteiger charge is 2.25. The molecule has 0 spiro atoms. The highest BCUT2D eigenvalue weighted by molar-refractivity contribution is 7.89. The van der Waals surface area contributed by atoms with E-state index in [1.165, 1.54) is 26.2 Å². The summed E-state index contributed by atoms with van der Waals surface area (Å²) < 4.78 is 28.9. The fourth-order valence-electron chi connectivity index (χ4n) is 2.15. The monoisotopic (exact) mass is 314 g/mol. The first-order valence-corrected chi connectivity index (χ1v) is 7.97. The minimum absolute atomic E-state index is 0.0619. The maximum atomic E-state index is 12.1. The molecule has 1 aliphatic rings. The van der Waals surface area contributed by atoms with Gasteiger partial charge >= 0.3 is 0 Å². The zero-order valence-electron chi connectivity index (χ0n) is 12.0. The second-order valence-corrected chi connectivity index (χ2v) is 6.28. The summed E-state index contributed by atoms with van der Waals surface area (Å²) in [5, 5.41) is 0. The van der Waals surface area contributed by atoms with Crippen LogP contribution in [0, 0.1) is 0 Å². The third-order valence-electron chi connectivity index (χ3n) is 3.20. The van der Waals surface area contributed by atoms with E-state index in [2.05, 4.69) is 0 Å². The second kappa shape index (κ2) is 6.52. The van der Waals surface area contributed by atoms with Crippen LogP contribution in [0.4, 0.5) is 5.69 Å². The Hall–Kier alpha value is -1.48. The number of ether oxygens (including phenoxy) is 1. The number of fused-ring (bicyclic) bond motifs is 1. The summed E-state index contributed by atoms with van der Waals surface area (Å²) in [6.45, 7) is 2.43. The van der Waals surface area contributed by atoms with Gasteiger partial charge in [0.1, 0.15) is 0 Å². The molecule has 2 rings (SSSR count). The minimum atomic E-state index is -3.78. The van der Waals surface area contributed by atoms with Crippen molar-refractivity contribution in [2.75, 3.05) is 31.8 Å². The van der Waals surface area contributed by atoms with Crippen molar-refractivity contribution in [2.24, 2.45) is 0 Å². The predicted octanol–water partition coefficient (Wildman–Crippen LogP) is 0.452. The lowest BCUT2D eigenvalue weighted by atomic mass is 10.2. The van der Waals surface area contributed by atoms with E-state index in [1.807, 2.05) is 4.89 Å². The summed E-state index contributed by atoms with van der Waals surface area (Å²) in [6, 6.07) is 4.72. The van der Waals surface area contributed by atoms with Gasteiger partial charge in [-0.05, 0) is 24.1 Å². The zero-order valence-corrected chi connectivity index (χ0v) is 12.8. The van der Waals surface area contributed by atoms with Crippen LogP contribution in [-0.2, 0) is 30.8 Å². The number of nitrogens with zero attached hydrogens (tertiary/aromatic N) is 1. The number of rotatable bonds is 6. The summed E-state index contributed by atoms with van der Waals surface area (Å²) >= 11 is 0. The minimum Gasteiger partial charge on any atom is -0.382 e. The van der Waals surface area contributed by atoms with Gasteiger partial charge in [0.25, 0.3) is 10.0 Å². The lowest BCUT2D eigenvalue weighted by Gasteiger charge is -2.15. The van der Waals surface area contributed by atoms with Gasteiger partial charge in [-0.15, -0.1) is 0 Å². The molecule has 0 aliphatic carbocycles. The standard InChI is InChI=1S/C13H18N2O5S/c1-10(16)15-6-5-11-3-4-12(9-13(11)15)21(17,18)14-20-8-7-19-2/h3-4,9,14H,5-8H2,1-2H3. The number of anilines is 1. The van der Waals surface area contributed by atoms with Crippen molar-refractivity contribution in [1.82, 2.24) is 4.89 Å². The fourth-order valence-corrected chi connectivity index (χ4v) is 2.99. The van der Waals surface area contributed by atoms with Crippen molar-refractivity contribution in [3.05, 3.63) is 23.8 Å². The van der Waals surface area contributed by atoms with Crippen molar-refractivity contribution >= 4 is 21.6 Å². The molecule has 0 fully saturated rings. The van der Waals surface area contributed by atoms with Gasteiger partial charge in [-0.1, -0.05) is 11.0 Å². The molecule has 0 saturated carbocycles. The third kappa shape index (κ3) is 3.59. The van der Waals surface area contributed by atoms with E-state index in [-0.39, 0.29) is 24.0 Å². The van der Waals surface area contributed by atoms with E-state index in [0.29, 0.717) is 12.2 Å². The van der Waals surface area contributed by atoms with Crippen LogP contribution in [0.25, 0.3) is 0 Å². The molecule has 0 atom stereocenters. The molecule has 1 amide bonds. The van der Waals surface area contributed by atoms with Gasteiger partial charge < -0.3 is 9.64 Å². The van der Waals surface area contributed by atoms with Crippen molar-refractivity contribution in [2.45, 2.75) is 18.2 Å². The molecular weight excluding hydrogens is 296 g/mol. The number of hydrogen-bond acceptors (Lipinski definition) is 5. The highest BCUT2D eigenvalue weighted by atomic mass is 32.2. The first-order valence-electron chi connectivity index (χ1n) is 6.49. The Morgan fingerprint density at radius 2 is 2.14 bits per heavy atom. The van der Waals surface area contributed by atoms with Gasteiger partial charge in [0.15, 0.2) is 0 Å². The molecule has 1 aliphatic heterocycles. The molecule has 0 aromatic heterocycles. The maximum absolute atomic E-state index is 12.1. The van der Waals surface area contributed by atoms with Gasteiger partial charge in [-0.2, -0.15) is 0 Å². The molecule has 116 valence electrons. The normalized spacial score (nSPS) is 14.3. The topological polar surface area (TPSA) is 84.9 Å². The van der Waals surface area contributed by atoms with E-state index in [4.69, 9.17) is 9.57 Å². The number of nitrogens with one attached hydrogen (secondary N) is 1. The molecule has 1 heterocycles. The molecule has 0 saturated heterocycles. The SMILES string of the molecule is COCCONS(=O)(=O)c1ccc2c(c1)N(C(C)=O)CC2. The summed E-state index contributed by atoms with van der Waals surface area (Å²) in [5.41, 5.74) is 1.60. The number of amides is 1. The number of hydrogen-bond donors (Lipinski definition) is 1. The van der Waals surface area contributed by atoms with Crippen molar-refractivity contribution in [1.29, 1.82) is 0 Å². The number of carbonyl (C=O) groups is 1. The molecule has 0 unspecified atom stereocenters. The number of benzene rings is 1. The van der Waals surface area contributed by atoms with Crippen LogP contribution in [-0.4, -0.2) is 41.2 Å². The lowest BCUT2D eigenvalue weighted by molar-refractivity contribution is -0.116. The van der Waals surface area contributed by atoms with E-state index >= 15 is 0 Å². The molecule has 7 nitrogen and oxygen atoms in total. The smallest absolute Gasteiger partial charge is 0.262 e.